The molecular weight excluding hydrogens is 544 g/mol. The number of hydrogen-bond donors (Lipinski definition) is 0. The van der Waals surface area contributed by atoms with Crippen LogP contribution in [0.3, 0.4) is 0 Å². The van der Waals surface area contributed by atoms with Crippen LogP contribution in [0.1, 0.15) is 22.3 Å². The molecule has 2 nitrogen and oxygen atoms in total. The Labute approximate surface area is 262 Å². The van der Waals surface area contributed by atoms with Crippen molar-refractivity contribution in [3.63, 3.8) is 0 Å². The highest BCUT2D eigenvalue weighted by Gasteiger charge is 2.49. The normalized spacial score (nSPS) is 13.0. The third-order valence-corrected chi connectivity index (χ3v) is 9.60. The predicted molar refractivity (Wildman–Crippen MR) is 183 cm³/mol. The largest absolute Gasteiger partial charge is 0.256 e. The van der Waals surface area contributed by atoms with E-state index in [1.54, 1.807) is 0 Å². The smallest absolute Gasteiger partial charge is 0.187 e. The number of fused-ring (bicyclic) bond motifs is 12. The van der Waals surface area contributed by atoms with Gasteiger partial charge in [-0.05, 0) is 78.9 Å². The third kappa shape index (κ3) is 3.59. The average molecular weight is 571 g/mol. The van der Waals surface area contributed by atoms with Crippen molar-refractivity contribution >= 4 is 5.69 Å². The highest BCUT2D eigenvalue weighted by Crippen LogP contribution is 2.61. The summed E-state index contributed by atoms with van der Waals surface area (Å²) in [6.45, 7) is 7.25. The topological polar surface area (TPSA) is 17.2 Å². The van der Waals surface area contributed by atoms with Gasteiger partial charge in [0.1, 0.15) is 0 Å². The molecule has 0 N–H and O–H groups in total. The lowest BCUT2D eigenvalue weighted by atomic mass is 9.65. The van der Waals surface area contributed by atoms with Gasteiger partial charge in [0.15, 0.2) is 5.69 Å². The molecule has 9 rings (SSSR count). The molecule has 2 aliphatic rings. The fourth-order valence-corrected chi connectivity index (χ4v) is 7.67. The van der Waals surface area contributed by atoms with Crippen molar-refractivity contribution < 1.29 is 0 Å². The molecule has 45 heavy (non-hydrogen) atoms. The highest BCUT2D eigenvalue weighted by atomic mass is 14.7. The summed E-state index contributed by atoms with van der Waals surface area (Å²) in [5, 5.41) is 0. The SMILES string of the molecule is [C-]#[N+]c1ccc(-c2ccc(-c3ccc4c(c3)C3(c5ccccc5-c5ccccc5-4)c4ccccc4-c4ccccc43)cn2)cc1. The molecule has 2 heteroatoms. The zero-order chi connectivity index (χ0) is 30.0. The van der Waals surface area contributed by atoms with Crippen molar-refractivity contribution in [2.45, 2.75) is 5.41 Å². The molecule has 0 aliphatic heterocycles. The molecule has 0 amide bonds. The van der Waals surface area contributed by atoms with Gasteiger partial charge >= 0.3 is 0 Å². The number of benzene rings is 6. The van der Waals surface area contributed by atoms with E-state index in [-0.39, 0.29) is 0 Å². The predicted octanol–water partition coefficient (Wildman–Crippen LogP) is 11.0. The fourth-order valence-electron chi connectivity index (χ4n) is 7.67. The van der Waals surface area contributed by atoms with Crippen molar-refractivity contribution in [3.05, 3.63) is 192 Å². The van der Waals surface area contributed by atoms with Crippen LogP contribution in [0.5, 0.6) is 0 Å². The van der Waals surface area contributed by atoms with Crippen LogP contribution in [0.25, 0.3) is 60.6 Å². The van der Waals surface area contributed by atoms with E-state index >= 15 is 0 Å². The Morgan fingerprint density at radius 1 is 0.422 bits per heavy atom. The van der Waals surface area contributed by atoms with E-state index in [4.69, 9.17) is 11.6 Å². The molecule has 0 radical (unpaired) electrons. The first-order valence-electron chi connectivity index (χ1n) is 15.2. The molecule has 208 valence electrons. The second-order valence-electron chi connectivity index (χ2n) is 11.8. The second kappa shape index (κ2) is 9.74. The fraction of sp³-hybridized carbons (Fsp3) is 0.0233. The van der Waals surface area contributed by atoms with E-state index < -0.39 is 5.41 Å². The Kier molecular flexibility index (Phi) is 5.51. The Bertz CT molecular complexity index is 2280. The Hall–Kier alpha value is -6.04. The lowest BCUT2D eigenvalue weighted by Gasteiger charge is -2.35. The highest BCUT2D eigenvalue weighted by molar-refractivity contribution is 5.97. The van der Waals surface area contributed by atoms with Gasteiger partial charge in [-0.25, -0.2) is 4.85 Å². The summed E-state index contributed by atoms with van der Waals surface area (Å²) in [6, 6.07) is 54.6. The second-order valence-corrected chi connectivity index (χ2v) is 11.8. The van der Waals surface area contributed by atoms with Crippen LogP contribution in [-0.2, 0) is 5.41 Å². The molecule has 1 spiro atoms. The first-order chi connectivity index (χ1) is 22.3. The Balaban J connectivity index is 1.33. The van der Waals surface area contributed by atoms with Crippen molar-refractivity contribution in [1.82, 2.24) is 4.98 Å². The van der Waals surface area contributed by atoms with Crippen molar-refractivity contribution in [3.8, 4) is 55.8 Å². The van der Waals surface area contributed by atoms with Gasteiger partial charge in [-0.15, -0.1) is 0 Å². The van der Waals surface area contributed by atoms with E-state index in [0.717, 1.165) is 22.4 Å². The van der Waals surface area contributed by atoms with Gasteiger partial charge in [-0.2, -0.15) is 0 Å². The van der Waals surface area contributed by atoms with Crippen LogP contribution < -0.4 is 0 Å². The van der Waals surface area contributed by atoms with Crippen LogP contribution in [0, 0.1) is 6.57 Å². The number of nitrogens with zero attached hydrogens (tertiary/aromatic N) is 2. The maximum atomic E-state index is 7.25. The summed E-state index contributed by atoms with van der Waals surface area (Å²) in [4.78, 5) is 8.38. The third-order valence-electron chi connectivity index (χ3n) is 9.60. The zero-order valence-corrected chi connectivity index (χ0v) is 24.4. The molecule has 0 saturated carbocycles. The lowest BCUT2D eigenvalue weighted by molar-refractivity contribution is 0.776. The van der Waals surface area contributed by atoms with E-state index in [2.05, 4.69) is 132 Å². The minimum absolute atomic E-state index is 0.494. The maximum absolute atomic E-state index is 7.25. The molecule has 0 bridgehead atoms. The van der Waals surface area contributed by atoms with Gasteiger partial charge in [0.25, 0.3) is 0 Å². The summed E-state index contributed by atoms with van der Waals surface area (Å²) in [6.07, 6.45) is 1.97. The monoisotopic (exact) mass is 570 g/mol. The van der Waals surface area contributed by atoms with Crippen LogP contribution in [0.15, 0.2) is 158 Å². The van der Waals surface area contributed by atoms with Crippen LogP contribution in [0.2, 0.25) is 0 Å². The molecule has 0 unspecified atom stereocenters. The standard InChI is InChI=1S/C43H26N2/c1-44-31-22-18-28(19-23-31)42-25-21-30(27-45-42)29-20-24-37-33-11-3-2-10-32(33)34-12-4-7-15-38(34)43(41(37)26-29)39-16-8-5-13-35(39)36-14-6-9-17-40(36)43/h2-27H. The van der Waals surface area contributed by atoms with E-state index in [0.29, 0.717) is 5.69 Å². The van der Waals surface area contributed by atoms with Crippen LogP contribution in [-0.4, -0.2) is 4.98 Å². The number of aromatic nitrogens is 1. The van der Waals surface area contributed by atoms with Gasteiger partial charge in [0, 0.05) is 11.8 Å². The quantitative estimate of drug-likeness (QED) is 0.189. The molecule has 0 atom stereocenters. The first kappa shape index (κ1) is 25.5. The van der Waals surface area contributed by atoms with Gasteiger partial charge in [-0.3, -0.25) is 4.98 Å². The Morgan fingerprint density at radius 3 is 1.42 bits per heavy atom. The lowest BCUT2D eigenvalue weighted by Crippen LogP contribution is -2.29. The summed E-state index contributed by atoms with van der Waals surface area (Å²) >= 11 is 0. The molecule has 1 heterocycles. The first-order valence-corrected chi connectivity index (χ1v) is 15.2. The zero-order valence-electron chi connectivity index (χ0n) is 24.4. The number of rotatable bonds is 2. The van der Waals surface area contributed by atoms with E-state index in [1.807, 2.05) is 30.5 Å². The minimum Gasteiger partial charge on any atom is -0.256 e. The molecule has 0 fully saturated rings. The van der Waals surface area contributed by atoms with Crippen LogP contribution in [0.4, 0.5) is 5.69 Å². The summed E-state index contributed by atoms with van der Waals surface area (Å²) in [7, 11) is 0. The summed E-state index contributed by atoms with van der Waals surface area (Å²) in [5.74, 6) is 0. The summed E-state index contributed by atoms with van der Waals surface area (Å²) < 4.78 is 0. The molecular formula is C43H26N2. The van der Waals surface area contributed by atoms with E-state index in [1.165, 1.54) is 55.6 Å². The average Bonchev–Trinajstić information content (AvgIpc) is 3.37. The number of hydrogen-bond acceptors (Lipinski definition) is 1. The Morgan fingerprint density at radius 2 is 0.889 bits per heavy atom. The van der Waals surface area contributed by atoms with E-state index in [9.17, 15) is 0 Å². The van der Waals surface area contributed by atoms with Crippen molar-refractivity contribution in [1.29, 1.82) is 0 Å². The van der Waals surface area contributed by atoms with Gasteiger partial charge in [0.2, 0.25) is 0 Å². The van der Waals surface area contributed by atoms with Crippen molar-refractivity contribution in [2.75, 3.05) is 0 Å². The molecule has 1 aromatic heterocycles. The van der Waals surface area contributed by atoms with Crippen LogP contribution >= 0.6 is 0 Å². The molecule has 7 aromatic rings. The summed E-state index contributed by atoms with van der Waals surface area (Å²) in [5.41, 5.74) is 17.1. The maximum Gasteiger partial charge on any atom is 0.187 e. The van der Waals surface area contributed by atoms with Gasteiger partial charge < -0.3 is 0 Å². The minimum atomic E-state index is -0.494. The number of pyridine rings is 1. The van der Waals surface area contributed by atoms with Gasteiger partial charge in [-0.1, -0.05) is 140 Å². The van der Waals surface area contributed by atoms with Gasteiger partial charge in [0.05, 0.1) is 17.7 Å². The molecule has 0 saturated heterocycles. The van der Waals surface area contributed by atoms with Crippen molar-refractivity contribution in [2.24, 2.45) is 0 Å². The molecule has 2 aliphatic carbocycles. The molecule has 6 aromatic carbocycles.